The largest absolute Gasteiger partial charge is 0.329 e. The van der Waals surface area contributed by atoms with E-state index in [0.717, 1.165) is 24.9 Å². The Labute approximate surface area is 106 Å². The topological polar surface area (TPSA) is 41.3 Å². The van der Waals surface area contributed by atoms with E-state index >= 15 is 0 Å². The predicted octanol–water partition coefficient (Wildman–Crippen LogP) is 1.44. The van der Waals surface area contributed by atoms with Crippen LogP contribution < -0.4 is 11.1 Å². The van der Waals surface area contributed by atoms with Crippen LogP contribution in [0.4, 0.5) is 0 Å². The lowest BCUT2D eigenvalue weighted by atomic mass is 9.83. The van der Waals surface area contributed by atoms with Crippen LogP contribution in [-0.2, 0) is 0 Å². The molecule has 0 unspecified atom stereocenters. The van der Waals surface area contributed by atoms with E-state index in [1.807, 2.05) is 0 Å². The minimum atomic E-state index is 0.810. The lowest BCUT2D eigenvalue weighted by Crippen LogP contribution is -2.39. The summed E-state index contributed by atoms with van der Waals surface area (Å²) in [5, 5.41) is 3.66. The van der Waals surface area contributed by atoms with E-state index < -0.39 is 0 Å². The number of hydrogen-bond acceptors (Lipinski definition) is 3. The zero-order valence-electron chi connectivity index (χ0n) is 11.2. The van der Waals surface area contributed by atoms with Crippen LogP contribution in [0.15, 0.2) is 0 Å². The van der Waals surface area contributed by atoms with Crippen molar-refractivity contribution >= 4 is 0 Å². The summed E-state index contributed by atoms with van der Waals surface area (Å²) in [5.41, 5.74) is 5.59. The summed E-state index contributed by atoms with van der Waals surface area (Å²) in [6, 6.07) is 0. The number of rotatable bonds is 7. The summed E-state index contributed by atoms with van der Waals surface area (Å²) in [4.78, 5) is 2.50. The maximum Gasteiger partial charge on any atom is 0.0105 e. The van der Waals surface area contributed by atoms with E-state index in [1.54, 1.807) is 0 Å². The Morgan fingerprint density at radius 1 is 1.06 bits per heavy atom. The molecule has 0 amide bonds. The molecule has 1 heterocycles. The molecule has 0 radical (unpaired) electrons. The van der Waals surface area contributed by atoms with Gasteiger partial charge in [0.05, 0.1) is 0 Å². The molecule has 0 bridgehead atoms. The van der Waals surface area contributed by atoms with Gasteiger partial charge in [0.25, 0.3) is 0 Å². The third-order valence-corrected chi connectivity index (χ3v) is 4.54. The molecule has 3 nitrogen and oxygen atoms in total. The molecular formula is C14H29N3. The second-order valence-corrected chi connectivity index (χ2v) is 5.86. The Balaban J connectivity index is 1.46. The standard InChI is InChI=1S/C14H29N3/c15-7-11-17-9-5-14(6-10-17)12-16-8-4-13-2-1-3-13/h13-14,16H,1-12,15H2. The first-order chi connectivity index (χ1) is 8.38. The van der Waals surface area contributed by atoms with Gasteiger partial charge in [0.2, 0.25) is 0 Å². The lowest BCUT2D eigenvalue weighted by molar-refractivity contribution is 0.185. The van der Waals surface area contributed by atoms with Gasteiger partial charge in [-0.2, -0.15) is 0 Å². The van der Waals surface area contributed by atoms with E-state index in [2.05, 4.69) is 10.2 Å². The van der Waals surface area contributed by atoms with Gasteiger partial charge in [-0.05, 0) is 57.3 Å². The van der Waals surface area contributed by atoms with Gasteiger partial charge in [-0.25, -0.2) is 0 Å². The van der Waals surface area contributed by atoms with Crippen molar-refractivity contribution in [3.63, 3.8) is 0 Å². The van der Waals surface area contributed by atoms with Gasteiger partial charge in [0.1, 0.15) is 0 Å². The first kappa shape index (κ1) is 13.3. The van der Waals surface area contributed by atoms with Crippen molar-refractivity contribution in [2.75, 3.05) is 39.3 Å². The van der Waals surface area contributed by atoms with Crippen molar-refractivity contribution in [2.24, 2.45) is 17.6 Å². The number of likely N-dealkylation sites (tertiary alicyclic amines) is 1. The summed E-state index contributed by atoms with van der Waals surface area (Å²) >= 11 is 0. The molecule has 100 valence electrons. The van der Waals surface area contributed by atoms with Crippen LogP contribution >= 0.6 is 0 Å². The van der Waals surface area contributed by atoms with Crippen molar-refractivity contribution in [2.45, 2.75) is 38.5 Å². The number of hydrogen-bond donors (Lipinski definition) is 2. The highest BCUT2D eigenvalue weighted by atomic mass is 15.1. The first-order valence-electron chi connectivity index (χ1n) is 7.51. The average Bonchev–Trinajstić information content (AvgIpc) is 2.29. The molecular weight excluding hydrogens is 210 g/mol. The van der Waals surface area contributed by atoms with E-state index in [0.29, 0.717) is 0 Å². The van der Waals surface area contributed by atoms with Gasteiger partial charge >= 0.3 is 0 Å². The Hall–Kier alpha value is -0.120. The van der Waals surface area contributed by atoms with Gasteiger partial charge in [-0.3, -0.25) is 0 Å². The summed E-state index contributed by atoms with van der Waals surface area (Å²) in [6.45, 7) is 6.89. The number of nitrogens with one attached hydrogen (secondary N) is 1. The normalized spacial score (nSPS) is 23.8. The van der Waals surface area contributed by atoms with Crippen LogP contribution in [-0.4, -0.2) is 44.2 Å². The molecule has 2 fully saturated rings. The molecule has 1 saturated carbocycles. The highest BCUT2D eigenvalue weighted by Crippen LogP contribution is 2.28. The van der Waals surface area contributed by atoms with Gasteiger partial charge in [-0.1, -0.05) is 19.3 Å². The van der Waals surface area contributed by atoms with Gasteiger partial charge in [-0.15, -0.1) is 0 Å². The Bertz CT molecular complexity index is 196. The monoisotopic (exact) mass is 239 g/mol. The van der Waals surface area contributed by atoms with Crippen LogP contribution in [0.1, 0.15) is 38.5 Å². The molecule has 2 aliphatic rings. The Morgan fingerprint density at radius 2 is 1.82 bits per heavy atom. The summed E-state index contributed by atoms with van der Waals surface area (Å²) in [6.07, 6.45) is 8.57. The molecule has 3 heteroatoms. The quantitative estimate of drug-likeness (QED) is 0.661. The lowest BCUT2D eigenvalue weighted by Gasteiger charge is -2.32. The van der Waals surface area contributed by atoms with Crippen LogP contribution in [0.2, 0.25) is 0 Å². The molecule has 1 aliphatic carbocycles. The molecule has 0 spiro atoms. The fourth-order valence-corrected chi connectivity index (χ4v) is 2.99. The zero-order chi connectivity index (χ0) is 11.9. The molecule has 1 saturated heterocycles. The Kier molecular flexibility index (Phi) is 5.75. The first-order valence-corrected chi connectivity index (χ1v) is 7.51. The third-order valence-electron chi connectivity index (χ3n) is 4.54. The van der Waals surface area contributed by atoms with Crippen molar-refractivity contribution < 1.29 is 0 Å². The smallest absolute Gasteiger partial charge is 0.0105 e. The van der Waals surface area contributed by atoms with E-state index in [9.17, 15) is 0 Å². The summed E-state index contributed by atoms with van der Waals surface area (Å²) < 4.78 is 0. The maximum atomic E-state index is 5.59. The maximum absolute atomic E-state index is 5.59. The summed E-state index contributed by atoms with van der Waals surface area (Å²) in [7, 11) is 0. The fourth-order valence-electron chi connectivity index (χ4n) is 2.99. The van der Waals surface area contributed by atoms with Crippen molar-refractivity contribution in [3.8, 4) is 0 Å². The van der Waals surface area contributed by atoms with Crippen LogP contribution in [0.25, 0.3) is 0 Å². The number of nitrogens with zero attached hydrogens (tertiary/aromatic N) is 1. The second-order valence-electron chi connectivity index (χ2n) is 5.86. The molecule has 0 aromatic heterocycles. The Morgan fingerprint density at radius 3 is 2.41 bits per heavy atom. The molecule has 3 N–H and O–H groups in total. The van der Waals surface area contributed by atoms with Crippen LogP contribution in [0.3, 0.4) is 0 Å². The minimum absolute atomic E-state index is 0.810. The molecule has 0 atom stereocenters. The molecule has 1 aliphatic heterocycles. The van der Waals surface area contributed by atoms with Crippen molar-refractivity contribution in [1.29, 1.82) is 0 Å². The van der Waals surface area contributed by atoms with Gasteiger partial charge in [0.15, 0.2) is 0 Å². The van der Waals surface area contributed by atoms with Crippen LogP contribution in [0.5, 0.6) is 0 Å². The zero-order valence-corrected chi connectivity index (χ0v) is 11.2. The van der Waals surface area contributed by atoms with Crippen molar-refractivity contribution in [1.82, 2.24) is 10.2 Å². The summed E-state index contributed by atoms with van der Waals surface area (Å²) in [5.74, 6) is 1.96. The number of piperidine rings is 1. The fraction of sp³-hybridized carbons (Fsp3) is 1.00. The highest BCUT2D eigenvalue weighted by Gasteiger charge is 2.19. The molecule has 0 aromatic carbocycles. The van der Waals surface area contributed by atoms with Crippen LogP contribution in [0, 0.1) is 11.8 Å². The molecule has 2 rings (SSSR count). The number of nitrogens with two attached hydrogens (primary N) is 1. The second kappa shape index (κ2) is 7.34. The average molecular weight is 239 g/mol. The van der Waals surface area contributed by atoms with Gasteiger partial charge in [0, 0.05) is 13.1 Å². The SMILES string of the molecule is NCCN1CCC(CNCCC2CCC2)CC1. The van der Waals surface area contributed by atoms with E-state index in [1.165, 1.54) is 64.7 Å². The van der Waals surface area contributed by atoms with E-state index in [4.69, 9.17) is 5.73 Å². The van der Waals surface area contributed by atoms with Crippen molar-refractivity contribution in [3.05, 3.63) is 0 Å². The molecule has 17 heavy (non-hydrogen) atoms. The van der Waals surface area contributed by atoms with Gasteiger partial charge < -0.3 is 16.0 Å². The predicted molar refractivity (Wildman–Crippen MR) is 73.0 cm³/mol. The van der Waals surface area contributed by atoms with E-state index in [-0.39, 0.29) is 0 Å². The molecule has 0 aromatic rings. The minimum Gasteiger partial charge on any atom is -0.329 e. The third kappa shape index (κ3) is 4.57. The highest BCUT2D eigenvalue weighted by molar-refractivity contribution is 4.75.